The second kappa shape index (κ2) is 14.2. The molecular formula is C32H42N4O5. The molecule has 41 heavy (non-hydrogen) atoms. The summed E-state index contributed by atoms with van der Waals surface area (Å²) >= 11 is 0. The first kappa shape index (κ1) is 30.1. The van der Waals surface area contributed by atoms with E-state index in [1.54, 1.807) is 7.11 Å². The number of aliphatic hydroxyl groups excluding tert-OH is 1. The summed E-state index contributed by atoms with van der Waals surface area (Å²) < 4.78 is 11.7. The number of ether oxygens (including phenoxy) is 2. The Balaban J connectivity index is 1.64. The maximum Gasteiger partial charge on any atom is 0.245 e. The molecule has 0 unspecified atom stereocenters. The van der Waals surface area contributed by atoms with E-state index in [1.165, 1.54) is 6.92 Å². The third-order valence-electron chi connectivity index (χ3n) is 7.27. The quantitative estimate of drug-likeness (QED) is 0.363. The van der Waals surface area contributed by atoms with E-state index in [0.717, 1.165) is 33.3 Å². The second-order valence-corrected chi connectivity index (χ2v) is 10.8. The molecule has 2 atom stereocenters. The van der Waals surface area contributed by atoms with Crippen LogP contribution in [0.25, 0.3) is 10.9 Å². The van der Waals surface area contributed by atoms with Crippen molar-refractivity contribution in [2.75, 3.05) is 39.9 Å². The van der Waals surface area contributed by atoms with Crippen molar-refractivity contribution in [1.29, 1.82) is 0 Å². The summed E-state index contributed by atoms with van der Waals surface area (Å²) in [7, 11) is 1.63. The van der Waals surface area contributed by atoms with Crippen LogP contribution in [0, 0.1) is 0 Å². The number of allylic oxidation sites excluding steroid dienone is 1. The van der Waals surface area contributed by atoms with Gasteiger partial charge in [-0.2, -0.15) is 0 Å². The third kappa shape index (κ3) is 8.11. The number of benzene rings is 2. The van der Waals surface area contributed by atoms with E-state index in [9.17, 15) is 14.7 Å². The van der Waals surface area contributed by atoms with Crippen molar-refractivity contribution in [2.24, 2.45) is 0 Å². The zero-order valence-corrected chi connectivity index (χ0v) is 24.5. The number of nitrogens with zero attached hydrogens (tertiary/aromatic N) is 1. The number of amides is 2. The van der Waals surface area contributed by atoms with Crippen LogP contribution in [0.15, 0.2) is 54.1 Å². The maximum absolute atomic E-state index is 13.1. The Morgan fingerprint density at radius 2 is 2.02 bits per heavy atom. The summed E-state index contributed by atoms with van der Waals surface area (Å²) in [5, 5.41) is 17.1. The first-order valence-corrected chi connectivity index (χ1v) is 14.2. The molecule has 4 N–H and O–H groups in total. The highest BCUT2D eigenvalue weighted by Gasteiger charge is 2.26. The van der Waals surface area contributed by atoms with Crippen LogP contribution in [0.1, 0.15) is 44.0 Å². The van der Waals surface area contributed by atoms with Gasteiger partial charge in [0.05, 0.1) is 26.4 Å². The van der Waals surface area contributed by atoms with Crippen molar-refractivity contribution in [1.82, 2.24) is 20.5 Å². The average Bonchev–Trinajstić information content (AvgIpc) is 3.28. The van der Waals surface area contributed by atoms with Crippen molar-refractivity contribution in [3.8, 4) is 11.5 Å². The summed E-state index contributed by atoms with van der Waals surface area (Å²) in [5.41, 5.74) is 5.43. The van der Waals surface area contributed by atoms with E-state index in [2.05, 4.69) is 27.8 Å². The summed E-state index contributed by atoms with van der Waals surface area (Å²) in [6, 6.07) is 13.1. The lowest BCUT2D eigenvalue weighted by atomic mass is 10.0. The van der Waals surface area contributed by atoms with Crippen LogP contribution in [0.4, 0.5) is 0 Å². The SMILES string of the molecule is COc1ccc2cc1OCCCN(CC=C(C)C)CC(=O)N[C@@H]([C@@H](C)O)C(=O)NCCc1c([nH]c3ccccc13)C2. The molecule has 2 aromatic carbocycles. The van der Waals surface area contributed by atoms with E-state index >= 15 is 0 Å². The minimum absolute atomic E-state index is 0.0950. The molecule has 0 spiro atoms. The van der Waals surface area contributed by atoms with Gasteiger partial charge >= 0.3 is 0 Å². The fraction of sp³-hybridized carbons (Fsp3) is 0.438. The van der Waals surface area contributed by atoms with Crippen molar-refractivity contribution in [3.63, 3.8) is 0 Å². The molecule has 0 radical (unpaired) electrons. The zero-order valence-electron chi connectivity index (χ0n) is 24.5. The molecule has 2 bridgehead atoms. The van der Waals surface area contributed by atoms with Gasteiger partial charge in [0.2, 0.25) is 11.8 Å². The van der Waals surface area contributed by atoms with Gasteiger partial charge in [-0.05, 0) is 62.9 Å². The molecule has 0 fully saturated rings. The average molecular weight is 563 g/mol. The first-order chi connectivity index (χ1) is 19.7. The molecule has 0 saturated heterocycles. The lowest BCUT2D eigenvalue weighted by Gasteiger charge is -2.24. The molecule has 2 heterocycles. The number of nitrogens with one attached hydrogen (secondary N) is 3. The Morgan fingerprint density at radius 3 is 2.78 bits per heavy atom. The Labute approximate surface area is 241 Å². The number of fused-ring (bicyclic) bond motifs is 5. The number of aliphatic hydroxyl groups is 1. The number of aromatic amines is 1. The highest BCUT2D eigenvalue weighted by molar-refractivity contribution is 5.89. The molecule has 1 aliphatic rings. The highest BCUT2D eigenvalue weighted by Crippen LogP contribution is 2.31. The minimum atomic E-state index is -1.05. The van der Waals surface area contributed by atoms with Crippen molar-refractivity contribution >= 4 is 22.7 Å². The van der Waals surface area contributed by atoms with Crippen LogP contribution >= 0.6 is 0 Å². The molecule has 2 amide bonds. The third-order valence-corrected chi connectivity index (χ3v) is 7.27. The van der Waals surface area contributed by atoms with Gasteiger partial charge in [-0.3, -0.25) is 14.5 Å². The van der Waals surface area contributed by atoms with Gasteiger partial charge < -0.3 is 30.2 Å². The Hall–Kier alpha value is -3.82. The number of para-hydroxylation sites is 1. The molecule has 220 valence electrons. The van der Waals surface area contributed by atoms with Crippen molar-refractivity contribution in [2.45, 2.75) is 52.2 Å². The predicted octanol–water partition coefficient (Wildman–Crippen LogP) is 3.34. The number of hydrogen-bond donors (Lipinski definition) is 4. The Morgan fingerprint density at radius 1 is 1.22 bits per heavy atom. The fourth-order valence-electron chi connectivity index (χ4n) is 5.11. The van der Waals surface area contributed by atoms with Gasteiger partial charge in [0.25, 0.3) is 0 Å². The van der Waals surface area contributed by atoms with Gasteiger partial charge in [0.15, 0.2) is 11.5 Å². The lowest BCUT2D eigenvalue weighted by molar-refractivity contribution is -0.132. The molecular weight excluding hydrogens is 520 g/mol. The van der Waals surface area contributed by atoms with Gasteiger partial charge in [-0.25, -0.2) is 0 Å². The maximum atomic E-state index is 13.1. The van der Waals surface area contributed by atoms with Crippen LogP contribution in [-0.4, -0.2) is 78.8 Å². The zero-order chi connectivity index (χ0) is 29.4. The number of aromatic nitrogens is 1. The van der Waals surface area contributed by atoms with E-state index in [-0.39, 0.29) is 12.5 Å². The van der Waals surface area contributed by atoms with E-state index in [0.29, 0.717) is 57.0 Å². The molecule has 1 aliphatic heterocycles. The smallest absolute Gasteiger partial charge is 0.245 e. The van der Waals surface area contributed by atoms with Crippen molar-refractivity contribution < 1.29 is 24.2 Å². The normalized spacial score (nSPS) is 18.5. The van der Waals surface area contributed by atoms with Crippen molar-refractivity contribution in [3.05, 3.63) is 70.9 Å². The van der Waals surface area contributed by atoms with Gasteiger partial charge in [0.1, 0.15) is 6.04 Å². The van der Waals surface area contributed by atoms with Crippen LogP contribution in [0.3, 0.4) is 0 Å². The number of carbonyl (C=O) groups excluding carboxylic acids is 2. The standard InChI is InChI=1S/C32H42N4O5/c1-21(2)13-16-36-15-7-17-41-29-19-23(10-11-28(29)40-4)18-27-25(24-8-5-6-9-26(24)34-27)12-14-33-32(39)31(22(3)37)35-30(38)20-36/h5-6,8-11,13,19,22,31,34,37H,7,12,14-18,20H2,1-4H3,(H,33,39)(H,35,38)/t22-,31+/m1/s1. The summed E-state index contributed by atoms with van der Waals surface area (Å²) in [6.07, 6.45) is 2.94. The van der Waals surface area contributed by atoms with Gasteiger partial charge in [-0.1, -0.05) is 35.9 Å². The van der Waals surface area contributed by atoms with Crippen LogP contribution < -0.4 is 20.1 Å². The predicted molar refractivity (Wildman–Crippen MR) is 160 cm³/mol. The number of H-pyrrole nitrogens is 1. The molecule has 4 rings (SSSR count). The topological polar surface area (TPSA) is 116 Å². The number of methoxy groups -OCH3 is 1. The monoisotopic (exact) mass is 562 g/mol. The Bertz CT molecular complexity index is 1380. The minimum Gasteiger partial charge on any atom is -0.493 e. The number of hydrogen-bond acceptors (Lipinski definition) is 6. The summed E-state index contributed by atoms with van der Waals surface area (Å²) in [6.45, 7) is 7.64. The van der Waals surface area contributed by atoms with Gasteiger partial charge in [-0.15, -0.1) is 0 Å². The molecule has 0 saturated carbocycles. The van der Waals surface area contributed by atoms with Crippen LogP contribution in [0.2, 0.25) is 0 Å². The summed E-state index contributed by atoms with van der Waals surface area (Å²) in [4.78, 5) is 31.6. The number of carbonyl (C=O) groups is 2. The lowest BCUT2D eigenvalue weighted by Crippen LogP contribution is -2.54. The molecule has 3 aromatic rings. The molecule has 0 aliphatic carbocycles. The van der Waals surface area contributed by atoms with E-state index in [4.69, 9.17) is 9.47 Å². The summed E-state index contributed by atoms with van der Waals surface area (Å²) in [5.74, 6) is 0.627. The van der Waals surface area contributed by atoms with E-state index < -0.39 is 18.1 Å². The van der Waals surface area contributed by atoms with Crippen LogP contribution in [-0.2, 0) is 22.4 Å². The second-order valence-electron chi connectivity index (χ2n) is 10.8. The largest absolute Gasteiger partial charge is 0.493 e. The number of rotatable bonds is 4. The van der Waals surface area contributed by atoms with Crippen LogP contribution in [0.5, 0.6) is 11.5 Å². The first-order valence-electron chi connectivity index (χ1n) is 14.2. The molecule has 9 heteroatoms. The fourth-order valence-corrected chi connectivity index (χ4v) is 5.11. The molecule has 1 aromatic heterocycles. The highest BCUT2D eigenvalue weighted by atomic mass is 16.5. The Kier molecular flexibility index (Phi) is 10.4. The molecule has 9 nitrogen and oxygen atoms in total. The van der Waals surface area contributed by atoms with Gasteiger partial charge in [0, 0.05) is 42.7 Å². The van der Waals surface area contributed by atoms with E-state index in [1.807, 2.05) is 55.1 Å².